The average molecular weight is 308 g/mol. The van der Waals surface area contributed by atoms with Gasteiger partial charge in [-0.05, 0) is 63.5 Å². The summed E-state index contributed by atoms with van der Waals surface area (Å²) in [4.78, 5) is 0. The van der Waals surface area contributed by atoms with Crippen molar-refractivity contribution in [1.82, 2.24) is 0 Å². The summed E-state index contributed by atoms with van der Waals surface area (Å²) < 4.78 is 0. The van der Waals surface area contributed by atoms with Crippen LogP contribution in [0.5, 0.6) is 0 Å². The zero-order chi connectivity index (χ0) is 15.9. The van der Waals surface area contributed by atoms with Crippen LogP contribution in [0.15, 0.2) is 66.8 Å². The molecule has 1 unspecified atom stereocenters. The van der Waals surface area contributed by atoms with Crippen molar-refractivity contribution in [2.45, 2.75) is 27.7 Å². The molecular formula is C21H25P. The number of aryl methyl sites for hydroxylation is 3. The Hall–Kier alpha value is -1.65. The van der Waals surface area contributed by atoms with E-state index in [1.54, 1.807) is 0 Å². The van der Waals surface area contributed by atoms with Crippen molar-refractivity contribution in [3.05, 3.63) is 83.5 Å². The highest BCUT2D eigenvalue weighted by Crippen LogP contribution is 2.36. The molecule has 0 radical (unpaired) electrons. The van der Waals surface area contributed by atoms with E-state index >= 15 is 0 Å². The third-order valence-corrected chi connectivity index (χ3v) is 6.44. The van der Waals surface area contributed by atoms with Crippen LogP contribution in [0.2, 0.25) is 0 Å². The van der Waals surface area contributed by atoms with Gasteiger partial charge in [0.05, 0.1) is 0 Å². The number of benzene rings is 2. The molecule has 0 bridgehead atoms. The highest BCUT2D eigenvalue weighted by Gasteiger charge is 2.16. The van der Waals surface area contributed by atoms with Crippen LogP contribution >= 0.6 is 7.92 Å². The highest BCUT2D eigenvalue weighted by atomic mass is 31.1. The minimum atomic E-state index is -0.342. The van der Waals surface area contributed by atoms with Crippen molar-refractivity contribution in [2.75, 3.05) is 6.16 Å². The van der Waals surface area contributed by atoms with E-state index in [9.17, 15) is 0 Å². The first-order chi connectivity index (χ1) is 10.6. The molecular weight excluding hydrogens is 283 g/mol. The van der Waals surface area contributed by atoms with Gasteiger partial charge in [-0.25, -0.2) is 0 Å². The minimum Gasteiger partial charge on any atom is -0.0877 e. The monoisotopic (exact) mass is 308 g/mol. The van der Waals surface area contributed by atoms with E-state index in [1.165, 1.54) is 27.3 Å². The van der Waals surface area contributed by atoms with Crippen LogP contribution in [0.1, 0.15) is 23.6 Å². The first-order valence-electron chi connectivity index (χ1n) is 7.81. The lowest BCUT2D eigenvalue weighted by Crippen LogP contribution is -2.19. The van der Waals surface area contributed by atoms with Crippen molar-refractivity contribution < 1.29 is 0 Å². The van der Waals surface area contributed by atoms with Gasteiger partial charge in [0.2, 0.25) is 0 Å². The van der Waals surface area contributed by atoms with Gasteiger partial charge in [-0.3, -0.25) is 0 Å². The molecule has 0 saturated carbocycles. The molecule has 0 nitrogen and oxygen atoms in total. The van der Waals surface area contributed by atoms with Crippen molar-refractivity contribution in [3.63, 3.8) is 0 Å². The molecule has 2 rings (SSSR count). The lowest BCUT2D eigenvalue weighted by atomic mass is 10.1. The van der Waals surface area contributed by atoms with Gasteiger partial charge < -0.3 is 0 Å². The van der Waals surface area contributed by atoms with Crippen molar-refractivity contribution >= 4 is 18.5 Å². The molecule has 0 aliphatic rings. The summed E-state index contributed by atoms with van der Waals surface area (Å²) in [7, 11) is -0.342. The fourth-order valence-electron chi connectivity index (χ4n) is 2.89. The molecule has 0 heterocycles. The molecule has 0 N–H and O–H groups in total. The summed E-state index contributed by atoms with van der Waals surface area (Å²) in [6, 6.07) is 15.6. The standard InChI is InChI=1S/C21H25P/c1-5-6-7-11-14-22(20-12-9-8-10-13-20)21-18(3)15-17(2)16-19(21)4/h5-13,15-16H,14H2,1-4H3/b6-5-,11-7-. The summed E-state index contributed by atoms with van der Waals surface area (Å²) in [5.74, 6) is 0. The smallest absolute Gasteiger partial charge is 0.00609 e. The first kappa shape index (κ1) is 16.7. The fraction of sp³-hybridized carbons (Fsp3) is 0.238. The van der Waals surface area contributed by atoms with E-state index in [-0.39, 0.29) is 7.92 Å². The molecule has 1 atom stereocenters. The van der Waals surface area contributed by atoms with Crippen LogP contribution in [0.3, 0.4) is 0 Å². The zero-order valence-electron chi connectivity index (χ0n) is 14.0. The van der Waals surface area contributed by atoms with Gasteiger partial charge in [-0.1, -0.05) is 72.3 Å². The minimum absolute atomic E-state index is 0.342. The van der Waals surface area contributed by atoms with Gasteiger partial charge >= 0.3 is 0 Å². The molecule has 0 aromatic heterocycles. The average Bonchev–Trinajstić information content (AvgIpc) is 2.49. The molecule has 1 heteroatoms. The van der Waals surface area contributed by atoms with E-state index in [4.69, 9.17) is 0 Å². The number of hydrogen-bond acceptors (Lipinski definition) is 0. The lowest BCUT2D eigenvalue weighted by Gasteiger charge is -2.22. The number of hydrogen-bond donors (Lipinski definition) is 0. The second kappa shape index (κ2) is 8.11. The van der Waals surface area contributed by atoms with Crippen LogP contribution in [0.4, 0.5) is 0 Å². The van der Waals surface area contributed by atoms with Gasteiger partial charge in [-0.2, -0.15) is 0 Å². The number of allylic oxidation sites excluding steroid dienone is 4. The Morgan fingerprint density at radius 1 is 0.909 bits per heavy atom. The summed E-state index contributed by atoms with van der Waals surface area (Å²) in [5, 5.41) is 3.00. The largest absolute Gasteiger partial charge is 0.0877 e. The third-order valence-electron chi connectivity index (χ3n) is 3.70. The van der Waals surface area contributed by atoms with Gasteiger partial charge in [0.15, 0.2) is 0 Å². The molecule has 22 heavy (non-hydrogen) atoms. The fourth-order valence-corrected chi connectivity index (χ4v) is 5.38. The third kappa shape index (κ3) is 4.18. The van der Waals surface area contributed by atoms with E-state index in [2.05, 4.69) is 94.5 Å². The van der Waals surface area contributed by atoms with E-state index in [0.29, 0.717) is 0 Å². The first-order valence-corrected chi connectivity index (χ1v) is 9.34. The molecule has 0 fully saturated rings. The molecule has 114 valence electrons. The second-order valence-electron chi connectivity index (χ2n) is 5.65. The topological polar surface area (TPSA) is 0 Å². The van der Waals surface area contributed by atoms with Gasteiger partial charge in [0, 0.05) is 0 Å². The highest BCUT2D eigenvalue weighted by molar-refractivity contribution is 7.73. The van der Waals surface area contributed by atoms with E-state index < -0.39 is 0 Å². The summed E-state index contributed by atoms with van der Waals surface area (Å²) in [6.45, 7) is 8.74. The molecule has 2 aromatic rings. The molecule has 0 saturated heterocycles. The predicted octanol–water partition coefficient (Wildman–Crippen LogP) is 5.18. The maximum Gasteiger partial charge on any atom is -0.00609 e. The molecule has 0 spiro atoms. The maximum atomic E-state index is 2.32. The van der Waals surface area contributed by atoms with Crippen molar-refractivity contribution in [3.8, 4) is 0 Å². The lowest BCUT2D eigenvalue weighted by molar-refractivity contribution is 1.35. The Labute approximate surface area is 136 Å². The Bertz CT molecular complexity index is 643. The normalized spacial score (nSPS) is 13.1. The van der Waals surface area contributed by atoms with Gasteiger partial charge in [-0.15, -0.1) is 0 Å². The van der Waals surface area contributed by atoms with Crippen LogP contribution in [0, 0.1) is 20.8 Å². The molecule has 0 aliphatic carbocycles. The zero-order valence-corrected chi connectivity index (χ0v) is 14.9. The second-order valence-corrected chi connectivity index (χ2v) is 7.83. The molecule has 0 amide bonds. The SMILES string of the molecule is C/C=C\C=C/CP(c1ccccc1)c1c(C)cc(C)cc1C. The van der Waals surface area contributed by atoms with Crippen LogP contribution < -0.4 is 10.6 Å². The van der Waals surface area contributed by atoms with Crippen molar-refractivity contribution in [1.29, 1.82) is 0 Å². The summed E-state index contributed by atoms with van der Waals surface area (Å²) >= 11 is 0. The van der Waals surface area contributed by atoms with E-state index in [1.807, 2.05) is 0 Å². The number of rotatable bonds is 5. The maximum absolute atomic E-state index is 2.32. The summed E-state index contributed by atoms with van der Waals surface area (Å²) in [6.07, 6.45) is 9.74. The Balaban J connectivity index is 2.45. The Morgan fingerprint density at radius 2 is 1.55 bits per heavy atom. The quantitative estimate of drug-likeness (QED) is 0.527. The summed E-state index contributed by atoms with van der Waals surface area (Å²) in [5.41, 5.74) is 4.20. The Kier molecular flexibility index (Phi) is 6.16. The van der Waals surface area contributed by atoms with Gasteiger partial charge in [0.25, 0.3) is 0 Å². The van der Waals surface area contributed by atoms with Gasteiger partial charge in [0.1, 0.15) is 0 Å². The molecule has 0 aliphatic heterocycles. The van der Waals surface area contributed by atoms with Crippen LogP contribution in [-0.4, -0.2) is 6.16 Å². The molecule has 2 aromatic carbocycles. The van der Waals surface area contributed by atoms with E-state index in [0.717, 1.165) is 6.16 Å². The Morgan fingerprint density at radius 3 is 2.14 bits per heavy atom. The van der Waals surface area contributed by atoms with Crippen LogP contribution in [0.25, 0.3) is 0 Å². The van der Waals surface area contributed by atoms with Crippen molar-refractivity contribution in [2.24, 2.45) is 0 Å². The van der Waals surface area contributed by atoms with Crippen LogP contribution in [-0.2, 0) is 0 Å². The predicted molar refractivity (Wildman–Crippen MR) is 102 cm³/mol.